The van der Waals surface area contributed by atoms with Gasteiger partial charge in [-0.25, -0.2) is 8.42 Å². The molecule has 9 nitrogen and oxygen atoms in total. The normalized spacial score (nSPS) is 15.9. The van der Waals surface area contributed by atoms with Crippen molar-refractivity contribution in [2.75, 3.05) is 32.7 Å². The van der Waals surface area contributed by atoms with E-state index in [9.17, 15) is 22.8 Å². The monoisotopic (exact) mass is 452 g/mol. The number of carbonyl (C=O) groups excluding carboxylic acids is 3. The number of hydrogen-bond donors (Lipinski definition) is 2. The standard InChI is InChI=1S/C21H32N4O5S/c1-3-17(2)23-20(27)11-12-22-19(26)9-10-21(28)24-13-15-25(16-14-24)31(29,30)18-7-5-4-6-8-18/h4-8,17H,3,9-16H2,1-2H3,(H,22,26)(H,23,27). The second-order valence-electron chi connectivity index (χ2n) is 7.57. The van der Waals surface area contributed by atoms with E-state index in [-0.39, 0.29) is 67.6 Å². The number of rotatable bonds is 10. The van der Waals surface area contributed by atoms with Gasteiger partial charge in [0, 0.05) is 58.0 Å². The molecule has 0 aromatic heterocycles. The van der Waals surface area contributed by atoms with Gasteiger partial charge < -0.3 is 15.5 Å². The highest BCUT2D eigenvalue weighted by molar-refractivity contribution is 7.89. The third-order valence-corrected chi connectivity index (χ3v) is 7.15. The molecule has 10 heteroatoms. The predicted octanol–water partition coefficient (Wildman–Crippen LogP) is 0.721. The van der Waals surface area contributed by atoms with Crippen LogP contribution in [0.25, 0.3) is 0 Å². The third-order valence-electron chi connectivity index (χ3n) is 5.23. The van der Waals surface area contributed by atoms with Crippen molar-refractivity contribution >= 4 is 27.7 Å². The molecule has 1 fully saturated rings. The van der Waals surface area contributed by atoms with Crippen molar-refractivity contribution in [3.8, 4) is 0 Å². The maximum Gasteiger partial charge on any atom is 0.243 e. The summed E-state index contributed by atoms with van der Waals surface area (Å²) in [6.45, 7) is 5.15. The summed E-state index contributed by atoms with van der Waals surface area (Å²) in [5.41, 5.74) is 0. The van der Waals surface area contributed by atoms with E-state index in [0.29, 0.717) is 13.1 Å². The fraction of sp³-hybridized carbons (Fsp3) is 0.571. The van der Waals surface area contributed by atoms with Crippen LogP contribution >= 0.6 is 0 Å². The summed E-state index contributed by atoms with van der Waals surface area (Å²) >= 11 is 0. The molecule has 172 valence electrons. The van der Waals surface area contributed by atoms with Gasteiger partial charge in [-0.05, 0) is 25.5 Å². The second-order valence-corrected chi connectivity index (χ2v) is 9.51. The SMILES string of the molecule is CCC(C)NC(=O)CCNC(=O)CCC(=O)N1CCN(S(=O)(=O)c2ccccc2)CC1. The molecule has 1 heterocycles. The largest absolute Gasteiger partial charge is 0.356 e. The van der Waals surface area contributed by atoms with E-state index in [0.717, 1.165) is 6.42 Å². The van der Waals surface area contributed by atoms with E-state index in [1.807, 2.05) is 13.8 Å². The number of nitrogens with zero attached hydrogens (tertiary/aromatic N) is 2. The van der Waals surface area contributed by atoms with E-state index < -0.39 is 10.0 Å². The van der Waals surface area contributed by atoms with Gasteiger partial charge in [0.1, 0.15) is 0 Å². The molecule has 1 aromatic rings. The summed E-state index contributed by atoms with van der Waals surface area (Å²) in [6, 6.07) is 8.32. The summed E-state index contributed by atoms with van der Waals surface area (Å²) in [6.07, 6.45) is 1.12. The van der Waals surface area contributed by atoms with Crippen molar-refractivity contribution in [1.29, 1.82) is 0 Å². The average molecular weight is 453 g/mol. The minimum atomic E-state index is -3.57. The Labute approximate surface area is 184 Å². The molecular weight excluding hydrogens is 420 g/mol. The molecule has 1 aliphatic rings. The lowest BCUT2D eigenvalue weighted by Crippen LogP contribution is -2.50. The van der Waals surface area contributed by atoms with E-state index in [1.165, 1.54) is 4.31 Å². The summed E-state index contributed by atoms with van der Waals surface area (Å²) in [7, 11) is -3.57. The molecule has 0 spiro atoms. The third kappa shape index (κ3) is 7.62. The van der Waals surface area contributed by atoms with Gasteiger partial charge >= 0.3 is 0 Å². The molecule has 0 saturated carbocycles. The molecule has 0 radical (unpaired) electrons. The van der Waals surface area contributed by atoms with Crippen LogP contribution in [-0.2, 0) is 24.4 Å². The van der Waals surface area contributed by atoms with Crippen LogP contribution in [0.2, 0.25) is 0 Å². The van der Waals surface area contributed by atoms with Gasteiger partial charge in [0.2, 0.25) is 27.7 Å². The Hall–Kier alpha value is -2.46. The number of benzene rings is 1. The van der Waals surface area contributed by atoms with Crippen LogP contribution in [0.4, 0.5) is 0 Å². The summed E-state index contributed by atoms with van der Waals surface area (Å²) in [5.74, 6) is -0.578. The Morgan fingerprint density at radius 1 is 0.968 bits per heavy atom. The molecular formula is C21H32N4O5S. The molecule has 2 rings (SSSR count). The maximum atomic E-state index is 12.6. The molecule has 1 unspecified atom stereocenters. The smallest absolute Gasteiger partial charge is 0.243 e. The molecule has 1 atom stereocenters. The van der Waals surface area contributed by atoms with E-state index in [2.05, 4.69) is 10.6 Å². The molecule has 3 amide bonds. The first kappa shape index (κ1) is 24.8. The highest BCUT2D eigenvalue weighted by atomic mass is 32.2. The quantitative estimate of drug-likeness (QED) is 0.543. The summed E-state index contributed by atoms with van der Waals surface area (Å²) in [5, 5.41) is 5.47. The van der Waals surface area contributed by atoms with Gasteiger partial charge in [-0.3, -0.25) is 14.4 Å². The van der Waals surface area contributed by atoms with Gasteiger partial charge in [-0.1, -0.05) is 25.1 Å². The lowest BCUT2D eigenvalue weighted by molar-refractivity contribution is -0.134. The predicted molar refractivity (Wildman–Crippen MR) is 117 cm³/mol. The molecule has 1 saturated heterocycles. The minimum absolute atomic E-state index is 0.0361. The van der Waals surface area contributed by atoms with E-state index in [4.69, 9.17) is 0 Å². The van der Waals surface area contributed by atoms with Crippen LogP contribution in [0.3, 0.4) is 0 Å². The zero-order chi connectivity index (χ0) is 22.9. The molecule has 1 aromatic carbocycles. The van der Waals surface area contributed by atoms with Crippen molar-refractivity contribution in [1.82, 2.24) is 19.8 Å². The number of nitrogens with one attached hydrogen (secondary N) is 2. The van der Waals surface area contributed by atoms with Gasteiger partial charge in [0.05, 0.1) is 4.90 Å². The van der Waals surface area contributed by atoms with Gasteiger partial charge in [-0.2, -0.15) is 4.31 Å². The fourth-order valence-electron chi connectivity index (χ4n) is 3.15. The Morgan fingerprint density at radius 2 is 1.61 bits per heavy atom. The Balaban J connectivity index is 1.69. The Morgan fingerprint density at radius 3 is 2.23 bits per heavy atom. The van der Waals surface area contributed by atoms with Crippen molar-refractivity contribution in [3.05, 3.63) is 30.3 Å². The first-order valence-electron chi connectivity index (χ1n) is 10.6. The zero-order valence-electron chi connectivity index (χ0n) is 18.2. The number of carbonyl (C=O) groups is 3. The minimum Gasteiger partial charge on any atom is -0.356 e. The Kier molecular flexibility index (Phi) is 9.44. The Bertz CT molecular complexity index is 852. The van der Waals surface area contributed by atoms with E-state index >= 15 is 0 Å². The average Bonchev–Trinajstić information content (AvgIpc) is 2.78. The molecule has 0 bridgehead atoms. The summed E-state index contributed by atoms with van der Waals surface area (Å²) < 4.78 is 26.7. The second kappa shape index (κ2) is 11.8. The van der Waals surface area contributed by atoms with Crippen LogP contribution in [0.1, 0.15) is 39.5 Å². The van der Waals surface area contributed by atoms with Crippen LogP contribution in [0.5, 0.6) is 0 Å². The van der Waals surface area contributed by atoms with Crippen molar-refractivity contribution in [2.24, 2.45) is 0 Å². The van der Waals surface area contributed by atoms with Crippen molar-refractivity contribution in [2.45, 2.75) is 50.5 Å². The molecule has 1 aliphatic heterocycles. The first-order chi connectivity index (χ1) is 14.7. The number of sulfonamides is 1. The van der Waals surface area contributed by atoms with E-state index in [1.54, 1.807) is 35.2 Å². The van der Waals surface area contributed by atoms with Gasteiger partial charge in [-0.15, -0.1) is 0 Å². The van der Waals surface area contributed by atoms with Gasteiger partial charge in [0.25, 0.3) is 0 Å². The number of piperazine rings is 1. The number of amides is 3. The van der Waals surface area contributed by atoms with Crippen molar-refractivity contribution < 1.29 is 22.8 Å². The highest BCUT2D eigenvalue weighted by Crippen LogP contribution is 2.17. The molecule has 31 heavy (non-hydrogen) atoms. The highest BCUT2D eigenvalue weighted by Gasteiger charge is 2.29. The first-order valence-corrected chi connectivity index (χ1v) is 12.1. The van der Waals surface area contributed by atoms with Crippen LogP contribution in [0, 0.1) is 0 Å². The summed E-state index contributed by atoms with van der Waals surface area (Å²) in [4.78, 5) is 37.8. The topological polar surface area (TPSA) is 116 Å². The van der Waals surface area contributed by atoms with Crippen LogP contribution < -0.4 is 10.6 Å². The van der Waals surface area contributed by atoms with Gasteiger partial charge in [0.15, 0.2) is 0 Å². The maximum absolute atomic E-state index is 12.6. The van der Waals surface area contributed by atoms with Crippen LogP contribution in [0.15, 0.2) is 35.2 Å². The molecule has 2 N–H and O–H groups in total. The van der Waals surface area contributed by atoms with Crippen molar-refractivity contribution in [3.63, 3.8) is 0 Å². The molecule has 0 aliphatic carbocycles. The lowest BCUT2D eigenvalue weighted by atomic mass is 10.2. The lowest BCUT2D eigenvalue weighted by Gasteiger charge is -2.34. The number of hydrogen-bond acceptors (Lipinski definition) is 5. The zero-order valence-corrected chi connectivity index (χ0v) is 19.0. The van der Waals surface area contributed by atoms with Crippen LogP contribution in [-0.4, -0.2) is 74.1 Å². The fourth-order valence-corrected chi connectivity index (χ4v) is 4.59.